The van der Waals surface area contributed by atoms with E-state index < -0.39 is 57.6 Å². The number of terminal acetylenes is 2. The second kappa shape index (κ2) is 51.6. The lowest BCUT2D eigenvalue weighted by Crippen LogP contribution is -2.46. The molecule has 0 bridgehead atoms. The van der Waals surface area contributed by atoms with Gasteiger partial charge in [-0.1, -0.05) is 176 Å². The van der Waals surface area contributed by atoms with Crippen molar-refractivity contribution < 1.29 is 57.2 Å². The van der Waals surface area contributed by atoms with Crippen molar-refractivity contribution in [3.05, 3.63) is 0 Å². The molecule has 12 nitrogen and oxygen atoms in total. The Labute approximate surface area is 517 Å². The van der Waals surface area contributed by atoms with Crippen LogP contribution in [0.25, 0.3) is 0 Å². The van der Waals surface area contributed by atoms with E-state index in [4.69, 9.17) is 41.3 Å². The summed E-state index contributed by atoms with van der Waals surface area (Å²) in [7, 11) is 0. The minimum Gasteiger partial charge on any atom is -0.466 e. The van der Waals surface area contributed by atoms with E-state index in [1.807, 2.05) is 55.4 Å². The first-order chi connectivity index (χ1) is 39.0. The number of esters is 6. The number of hydrogen-bond donors (Lipinski definition) is 0. The van der Waals surface area contributed by atoms with Gasteiger partial charge in [-0.2, -0.15) is 0 Å². The molecule has 0 amide bonds. The van der Waals surface area contributed by atoms with Crippen LogP contribution in [0.15, 0.2) is 0 Å². The molecule has 0 rings (SSSR count). The van der Waals surface area contributed by atoms with Crippen molar-refractivity contribution in [1.82, 2.24) is 0 Å². The van der Waals surface area contributed by atoms with Gasteiger partial charge in [0.05, 0.1) is 13.2 Å². The minimum atomic E-state index is -1.28. The van der Waals surface area contributed by atoms with Gasteiger partial charge in [-0.25, -0.2) is 0 Å². The van der Waals surface area contributed by atoms with Gasteiger partial charge in [0, 0.05) is 31.0 Å². The molecule has 0 heterocycles. The summed E-state index contributed by atoms with van der Waals surface area (Å²) in [6, 6.07) is 0. The first-order valence-electron chi connectivity index (χ1n) is 32.7. The standard InChI is InChI=1S/C35H62O6.C22H38O4.C13H25BrO2/c1-9-11-12-13-14-16-19-22-25-28-35(31(37)40-33(3,4)5,32(38)41-34(6,7)8)29-26-23-20-17-15-18-21-24-27-30(36)39-10-2;1-8-9-10-11-12-13-14-15-16-17-18(19(23)25-21(2,3)4)20(24)26-22(5,6)7;1-2-16-13(15)11-9-7-5-3-4-6-8-10-12-14/h1H,10-29H2,2-8H3;1,18H,9-17H2,2-7H3;2-12H2,1H3. The van der Waals surface area contributed by atoms with Crippen LogP contribution < -0.4 is 0 Å². The maximum atomic E-state index is 13.7. The molecule has 0 atom stereocenters. The molecule has 0 aliphatic heterocycles. The Balaban J connectivity index is -0.00000129. The number of carbonyl (C=O) groups is 6. The number of carbonyl (C=O) groups excluding carboxylic acids is 6. The highest BCUT2D eigenvalue weighted by Crippen LogP contribution is 2.38. The molecule has 0 N–H and O–H groups in total. The summed E-state index contributed by atoms with van der Waals surface area (Å²) in [6.45, 7) is 26.5. The van der Waals surface area contributed by atoms with E-state index in [0.717, 1.165) is 159 Å². The third kappa shape index (κ3) is 56.0. The quantitative estimate of drug-likeness (QED) is 0.0142. The van der Waals surface area contributed by atoms with Crippen LogP contribution in [0.3, 0.4) is 0 Å². The summed E-state index contributed by atoms with van der Waals surface area (Å²) in [5.74, 6) is 2.49. The summed E-state index contributed by atoms with van der Waals surface area (Å²) in [5.41, 5.74) is -3.88. The molecule has 83 heavy (non-hydrogen) atoms. The van der Waals surface area contributed by atoms with Gasteiger partial charge in [-0.05, 0) is 148 Å². The molecule has 0 saturated heterocycles. The molecule has 0 aromatic carbocycles. The molecule has 0 fully saturated rings. The summed E-state index contributed by atoms with van der Waals surface area (Å²) < 4.78 is 32.4. The lowest BCUT2D eigenvalue weighted by Gasteiger charge is -2.35. The van der Waals surface area contributed by atoms with Crippen LogP contribution in [0.5, 0.6) is 0 Å². The highest BCUT2D eigenvalue weighted by atomic mass is 79.9. The van der Waals surface area contributed by atoms with Crippen molar-refractivity contribution in [2.24, 2.45) is 11.3 Å². The Morgan fingerprint density at radius 1 is 0.373 bits per heavy atom. The average molecular weight is 1240 g/mol. The first-order valence-corrected chi connectivity index (χ1v) is 33.8. The molecule has 0 aromatic rings. The molecule has 0 aliphatic carbocycles. The van der Waals surface area contributed by atoms with Gasteiger partial charge in [-0.3, -0.25) is 28.8 Å². The summed E-state index contributed by atoms with van der Waals surface area (Å²) in [4.78, 5) is 74.6. The average Bonchev–Trinajstić information content (AvgIpc) is 3.59. The van der Waals surface area contributed by atoms with E-state index in [0.29, 0.717) is 45.3 Å². The normalized spacial score (nSPS) is 11.7. The van der Waals surface area contributed by atoms with Crippen LogP contribution in [0.1, 0.15) is 335 Å². The fourth-order valence-corrected chi connectivity index (χ4v) is 9.49. The Morgan fingerprint density at radius 3 is 0.916 bits per heavy atom. The van der Waals surface area contributed by atoms with Crippen molar-refractivity contribution in [1.29, 1.82) is 0 Å². The van der Waals surface area contributed by atoms with Crippen LogP contribution in [0.2, 0.25) is 0 Å². The van der Waals surface area contributed by atoms with Crippen molar-refractivity contribution >= 4 is 51.7 Å². The molecule has 0 spiro atoms. The largest absolute Gasteiger partial charge is 0.466 e. The SMILES string of the molecule is C#CCCCCCCCCCC(C(=O)OC(C)(C)C)C(=O)OC(C)(C)C.C#CCCCCCCCCCC(CCCCCCCCCCC(=O)OCC)(C(=O)OC(C)(C)C)C(=O)OC(C)(C)C.CCOC(=O)CCCCCCCCCCBr. The summed E-state index contributed by atoms with van der Waals surface area (Å²) in [6.07, 6.45) is 47.7. The van der Waals surface area contributed by atoms with Gasteiger partial charge >= 0.3 is 35.8 Å². The molecule has 0 aromatic heterocycles. The predicted octanol–water partition coefficient (Wildman–Crippen LogP) is 19.1. The highest BCUT2D eigenvalue weighted by molar-refractivity contribution is 9.09. The Hall–Kier alpha value is -3.58. The van der Waals surface area contributed by atoms with E-state index >= 15 is 0 Å². The van der Waals surface area contributed by atoms with Crippen LogP contribution in [0, 0.1) is 36.0 Å². The van der Waals surface area contributed by atoms with Crippen LogP contribution in [-0.2, 0) is 57.2 Å². The molecular weight excluding hydrogens is 1110 g/mol. The Morgan fingerprint density at radius 2 is 0.639 bits per heavy atom. The van der Waals surface area contributed by atoms with Gasteiger partial charge in [-0.15, -0.1) is 24.7 Å². The van der Waals surface area contributed by atoms with Crippen LogP contribution >= 0.6 is 15.9 Å². The Kier molecular flexibility index (Phi) is 52.0. The zero-order chi connectivity index (χ0) is 63.5. The second-order valence-electron chi connectivity index (χ2n) is 26.3. The highest BCUT2D eigenvalue weighted by Gasteiger charge is 2.50. The fourth-order valence-electron chi connectivity index (χ4n) is 9.09. The van der Waals surface area contributed by atoms with Crippen molar-refractivity contribution in [2.75, 3.05) is 18.5 Å². The van der Waals surface area contributed by atoms with Crippen molar-refractivity contribution in [2.45, 2.75) is 357 Å². The van der Waals surface area contributed by atoms with E-state index in [-0.39, 0.29) is 11.9 Å². The lowest BCUT2D eigenvalue weighted by molar-refractivity contribution is -0.187. The van der Waals surface area contributed by atoms with E-state index in [1.165, 1.54) is 51.4 Å². The van der Waals surface area contributed by atoms with Gasteiger partial charge in [0.15, 0.2) is 11.3 Å². The van der Waals surface area contributed by atoms with Gasteiger partial charge < -0.3 is 28.4 Å². The van der Waals surface area contributed by atoms with Crippen LogP contribution in [0.4, 0.5) is 0 Å². The zero-order valence-corrected chi connectivity index (χ0v) is 57.4. The van der Waals surface area contributed by atoms with Crippen molar-refractivity contribution in [3.63, 3.8) is 0 Å². The molecule has 0 unspecified atom stereocenters. The lowest BCUT2D eigenvalue weighted by atomic mass is 9.77. The molecule has 13 heteroatoms. The van der Waals surface area contributed by atoms with E-state index in [2.05, 4.69) is 27.8 Å². The maximum Gasteiger partial charge on any atom is 0.324 e. The molecule has 0 aliphatic rings. The van der Waals surface area contributed by atoms with E-state index in [1.54, 1.807) is 41.5 Å². The van der Waals surface area contributed by atoms with Gasteiger partial charge in [0.2, 0.25) is 0 Å². The number of ether oxygens (including phenoxy) is 6. The monoisotopic (exact) mass is 1240 g/mol. The number of rotatable bonds is 45. The Bertz CT molecular complexity index is 1690. The smallest absolute Gasteiger partial charge is 0.324 e. The zero-order valence-electron chi connectivity index (χ0n) is 55.8. The summed E-state index contributed by atoms with van der Waals surface area (Å²) in [5, 5.41) is 1.13. The first kappa shape index (κ1) is 83.6. The fraction of sp³-hybridized carbons (Fsp3) is 0.857. The molecule has 0 saturated carbocycles. The predicted molar refractivity (Wildman–Crippen MR) is 345 cm³/mol. The molecular formula is C70H125BrO12. The van der Waals surface area contributed by atoms with Gasteiger partial charge in [0.25, 0.3) is 0 Å². The number of unbranched alkanes of at least 4 members (excludes halogenated alkanes) is 28. The minimum absolute atomic E-state index is 0.0418. The second-order valence-corrected chi connectivity index (χ2v) is 27.1. The maximum absolute atomic E-state index is 13.7. The molecule has 0 radical (unpaired) electrons. The number of hydrogen-bond acceptors (Lipinski definition) is 12. The number of alkyl halides is 1. The topological polar surface area (TPSA) is 158 Å². The third-order valence-electron chi connectivity index (χ3n) is 13.3. The van der Waals surface area contributed by atoms with Crippen LogP contribution in [-0.4, -0.2) is 76.8 Å². The van der Waals surface area contributed by atoms with Crippen molar-refractivity contribution in [3.8, 4) is 24.7 Å². The molecule has 484 valence electrons. The third-order valence-corrected chi connectivity index (χ3v) is 13.9. The number of halogens is 1. The summed E-state index contributed by atoms with van der Waals surface area (Å²) >= 11 is 3.44. The van der Waals surface area contributed by atoms with Gasteiger partial charge in [0.1, 0.15) is 22.4 Å². The van der Waals surface area contributed by atoms with E-state index in [9.17, 15) is 28.8 Å².